The first-order valence-electron chi connectivity index (χ1n) is 21.4. The van der Waals surface area contributed by atoms with Crippen molar-refractivity contribution in [1.29, 1.82) is 0 Å². The molecule has 1 rings (SSSR count). The molecule has 1 saturated carbocycles. The fraction of sp³-hybridized carbons (Fsp3) is 0.767. The lowest BCUT2D eigenvalue weighted by Gasteiger charge is -2.41. The van der Waals surface area contributed by atoms with Gasteiger partial charge in [-0.3, -0.25) is 18.6 Å². The van der Waals surface area contributed by atoms with Gasteiger partial charge in [-0.05, 0) is 38.5 Å². The maximum atomic E-state index is 12.8. The largest absolute Gasteiger partial charge is 0.472 e. The maximum absolute atomic E-state index is 12.8. The van der Waals surface area contributed by atoms with Crippen LogP contribution in [-0.2, 0) is 32.7 Å². The van der Waals surface area contributed by atoms with Gasteiger partial charge in [0.1, 0.15) is 43.2 Å². The molecule has 1 aliphatic rings. The summed E-state index contributed by atoms with van der Waals surface area (Å²) in [5.41, 5.74) is 0. The third-order valence-electron chi connectivity index (χ3n) is 9.70. The Morgan fingerprint density at radius 3 is 1.49 bits per heavy atom. The number of aliphatic hydroxyl groups excluding tert-OH is 5. The van der Waals surface area contributed by atoms with Crippen LogP contribution in [0.5, 0.6) is 0 Å². The first-order valence-corrected chi connectivity index (χ1v) is 22.9. The summed E-state index contributed by atoms with van der Waals surface area (Å²) in [7, 11) is -5.13. The predicted molar refractivity (Wildman–Crippen MR) is 221 cm³/mol. The number of ether oxygens (including phenoxy) is 2. The van der Waals surface area contributed by atoms with Gasteiger partial charge in [-0.1, -0.05) is 152 Å². The Hall–Kier alpha value is -2.19. The highest BCUT2D eigenvalue weighted by molar-refractivity contribution is 7.47. The minimum Gasteiger partial charge on any atom is -0.462 e. The minimum atomic E-state index is -5.13. The van der Waals surface area contributed by atoms with Gasteiger partial charge in [0, 0.05) is 12.8 Å². The van der Waals surface area contributed by atoms with Crippen LogP contribution in [0.25, 0.3) is 0 Å². The zero-order chi connectivity index (χ0) is 42.2. The van der Waals surface area contributed by atoms with E-state index in [-0.39, 0.29) is 12.8 Å². The van der Waals surface area contributed by atoms with Crippen molar-refractivity contribution in [3.05, 3.63) is 48.6 Å². The summed E-state index contributed by atoms with van der Waals surface area (Å²) in [6, 6.07) is 0. The fourth-order valence-electron chi connectivity index (χ4n) is 6.24. The Bertz CT molecular complexity index is 1190. The average molecular weight is 831 g/mol. The maximum Gasteiger partial charge on any atom is 0.472 e. The van der Waals surface area contributed by atoms with E-state index in [9.17, 15) is 44.6 Å². The molecule has 1 aliphatic carbocycles. The molecule has 330 valence electrons. The normalized spacial score (nSPS) is 23.2. The highest BCUT2D eigenvalue weighted by Crippen LogP contribution is 2.47. The molecular formula is C43H75O13P. The summed E-state index contributed by atoms with van der Waals surface area (Å²) in [5.74, 6) is -1.19. The van der Waals surface area contributed by atoms with Crippen LogP contribution in [0.15, 0.2) is 48.6 Å². The van der Waals surface area contributed by atoms with E-state index < -0.39 is 75.7 Å². The van der Waals surface area contributed by atoms with E-state index in [2.05, 4.69) is 44.2 Å². The smallest absolute Gasteiger partial charge is 0.462 e. The molecular weight excluding hydrogens is 755 g/mol. The van der Waals surface area contributed by atoms with E-state index in [1.54, 1.807) is 0 Å². The zero-order valence-corrected chi connectivity index (χ0v) is 35.5. The second-order valence-corrected chi connectivity index (χ2v) is 16.2. The SMILES string of the molecule is CC/C=C\C/C=C\C/C=C\C/C=C\CCC(=O)OC(COC(=O)CCCCCCCCCCCCCCCCC)COP(=O)(O)OC1C(O)C(O)C(O)C(O)C1O. The number of carbonyl (C=O) groups is 2. The highest BCUT2D eigenvalue weighted by Gasteiger charge is 2.51. The second kappa shape index (κ2) is 33.6. The van der Waals surface area contributed by atoms with Gasteiger partial charge in [0.15, 0.2) is 6.10 Å². The first-order chi connectivity index (χ1) is 27.4. The molecule has 14 heteroatoms. The van der Waals surface area contributed by atoms with Crippen molar-refractivity contribution in [2.45, 2.75) is 198 Å². The quantitative estimate of drug-likeness (QED) is 0.0160. The predicted octanol–water partition coefficient (Wildman–Crippen LogP) is 7.61. The highest BCUT2D eigenvalue weighted by atomic mass is 31.2. The van der Waals surface area contributed by atoms with Crippen molar-refractivity contribution in [3.8, 4) is 0 Å². The van der Waals surface area contributed by atoms with Crippen LogP contribution >= 0.6 is 7.82 Å². The van der Waals surface area contributed by atoms with Crippen LogP contribution in [0.1, 0.15) is 155 Å². The molecule has 0 aromatic heterocycles. The van der Waals surface area contributed by atoms with Crippen LogP contribution in [0.2, 0.25) is 0 Å². The molecule has 0 heterocycles. The molecule has 57 heavy (non-hydrogen) atoms. The molecule has 0 bridgehead atoms. The van der Waals surface area contributed by atoms with Gasteiger partial charge in [0.05, 0.1) is 6.61 Å². The standard InChI is InChI=1S/C43H75O13P/c1-3-5-7-9-11-13-15-17-18-20-21-23-25-27-29-31-36(44)53-33-35(34-54-57(51,52)56-43-41(49)39(47)38(46)40(48)42(43)50)55-37(45)32-30-28-26-24-22-19-16-14-12-10-8-6-4-2/h6,8,12,14,19,22,26,28,35,38-43,46-50H,3-5,7,9-11,13,15-18,20-21,23-25,27,29-34H2,1-2H3,(H,51,52)/b8-6-,14-12-,22-19-,28-26-. The van der Waals surface area contributed by atoms with E-state index in [1.165, 1.54) is 70.6 Å². The number of unbranched alkanes of at least 4 members (excludes halogenated alkanes) is 14. The van der Waals surface area contributed by atoms with Gasteiger partial charge in [-0.15, -0.1) is 0 Å². The third-order valence-corrected chi connectivity index (χ3v) is 10.7. The summed E-state index contributed by atoms with van der Waals surface area (Å²) in [4.78, 5) is 35.5. The van der Waals surface area contributed by atoms with Crippen molar-refractivity contribution < 1.29 is 63.1 Å². The van der Waals surface area contributed by atoms with Crippen LogP contribution in [-0.4, -0.2) is 98.3 Å². The lowest BCUT2D eigenvalue weighted by molar-refractivity contribution is -0.220. The molecule has 0 aromatic carbocycles. The molecule has 1 fully saturated rings. The third kappa shape index (κ3) is 26.5. The zero-order valence-electron chi connectivity index (χ0n) is 34.6. The van der Waals surface area contributed by atoms with Crippen molar-refractivity contribution in [2.75, 3.05) is 13.2 Å². The molecule has 6 atom stereocenters. The number of hydrogen-bond acceptors (Lipinski definition) is 12. The molecule has 6 N–H and O–H groups in total. The van der Waals surface area contributed by atoms with Crippen LogP contribution in [0, 0.1) is 0 Å². The molecule has 0 aromatic rings. The Balaban J connectivity index is 2.53. The Labute approximate surface area is 341 Å². The van der Waals surface area contributed by atoms with E-state index in [1.807, 2.05) is 18.2 Å². The molecule has 13 nitrogen and oxygen atoms in total. The first kappa shape index (κ1) is 52.8. The van der Waals surface area contributed by atoms with E-state index >= 15 is 0 Å². The van der Waals surface area contributed by atoms with Gasteiger partial charge in [0.25, 0.3) is 0 Å². The van der Waals surface area contributed by atoms with Crippen molar-refractivity contribution in [2.24, 2.45) is 0 Å². The fourth-order valence-corrected chi connectivity index (χ4v) is 7.21. The van der Waals surface area contributed by atoms with Crippen LogP contribution in [0.3, 0.4) is 0 Å². The summed E-state index contributed by atoms with van der Waals surface area (Å²) >= 11 is 0. The number of aliphatic hydroxyl groups is 5. The van der Waals surface area contributed by atoms with E-state index in [0.29, 0.717) is 19.3 Å². The van der Waals surface area contributed by atoms with Crippen molar-refractivity contribution in [3.63, 3.8) is 0 Å². The number of esters is 2. The number of rotatable bonds is 34. The number of phosphoric ester groups is 1. The van der Waals surface area contributed by atoms with Crippen LogP contribution in [0.4, 0.5) is 0 Å². The van der Waals surface area contributed by atoms with Gasteiger partial charge in [-0.25, -0.2) is 4.57 Å². The summed E-state index contributed by atoms with van der Waals surface area (Å²) in [6.45, 7) is 3.10. The Morgan fingerprint density at radius 2 is 1.00 bits per heavy atom. The molecule has 0 spiro atoms. The minimum absolute atomic E-state index is 0.0242. The van der Waals surface area contributed by atoms with Gasteiger partial charge in [-0.2, -0.15) is 0 Å². The summed E-state index contributed by atoms with van der Waals surface area (Å²) < 4.78 is 33.3. The molecule has 0 radical (unpaired) electrons. The van der Waals surface area contributed by atoms with Gasteiger partial charge < -0.3 is 39.9 Å². The number of hydrogen-bond donors (Lipinski definition) is 6. The molecule has 0 saturated heterocycles. The van der Waals surface area contributed by atoms with E-state index in [4.69, 9.17) is 18.5 Å². The Kier molecular flexibility index (Phi) is 31.2. The number of allylic oxidation sites excluding steroid dienone is 8. The molecule has 0 aliphatic heterocycles. The number of carbonyl (C=O) groups excluding carboxylic acids is 2. The lowest BCUT2D eigenvalue weighted by atomic mass is 9.85. The topological polar surface area (TPSA) is 210 Å². The second-order valence-electron chi connectivity index (χ2n) is 14.8. The molecule has 0 amide bonds. The number of phosphoric acid groups is 1. The average Bonchev–Trinajstić information content (AvgIpc) is 3.19. The van der Waals surface area contributed by atoms with Crippen molar-refractivity contribution in [1.82, 2.24) is 0 Å². The lowest BCUT2D eigenvalue weighted by Crippen LogP contribution is -2.64. The Morgan fingerprint density at radius 1 is 0.561 bits per heavy atom. The van der Waals surface area contributed by atoms with E-state index in [0.717, 1.165) is 38.5 Å². The monoisotopic (exact) mass is 830 g/mol. The van der Waals surface area contributed by atoms with Crippen molar-refractivity contribution >= 4 is 19.8 Å². The summed E-state index contributed by atoms with van der Waals surface area (Å²) in [6.07, 6.45) is 24.8. The van der Waals surface area contributed by atoms with Crippen LogP contribution < -0.4 is 0 Å². The summed E-state index contributed by atoms with van der Waals surface area (Å²) in [5, 5.41) is 50.0. The molecule has 6 unspecified atom stereocenters. The van der Waals surface area contributed by atoms with Gasteiger partial charge >= 0.3 is 19.8 Å². The van der Waals surface area contributed by atoms with Gasteiger partial charge in [0.2, 0.25) is 0 Å².